The highest BCUT2D eigenvalue weighted by Crippen LogP contribution is 2.17. The molecule has 0 spiro atoms. The quantitative estimate of drug-likeness (QED) is 0.785. The zero-order valence-electron chi connectivity index (χ0n) is 10.3. The van der Waals surface area contributed by atoms with Gasteiger partial charge in [-0.05, 0) is 24.1 Å². The van der Waals surface area contributed by atoms with E-state index in [-0.39, 0.29) is 0 Å². The van der Waals surface area contributed by atoms with E-state index in [9.17, 15) is 0 Å². The molecule has 0 saturated carbocycles. The Balaban J connectivity index is 2.27. The SMILES string of the molecule is Cc1ccc(CNCCNC(C)C)c(Br)c1. The van der Waals surface area contributed by atoms with E-state index in [1.54, 1.807) is 0 Å². The summed E-state index contributed by atoms with van der Waals surface area (Å²) in [7, 11) is 0. The Kier molecular flexibility index (Phi) is 6.03. The maximum Gasteiger partial charge on any atom is 0.0222 e. The number of aryl methyl sites for hydroxylation is 1. The number of nitrogens with one attached hydrogen (secondary N) is 2. The van der Waals surface area contributed by atoms with E-state index in [0.717, 1.165) is 19.6 Å². The van der Waals surface area contributed by atoms with Crippen molar-refractivity contribution >= 4 is 15.9 Å². The zero-order chi connectivity index (χ0) is 12.0. The molecular formula is C13H21BrN2. The van der Waals surface area contributed by atoms with E-state index in [1.165, 1.54) is 15.6 Å². The first-order chi connectivity index (χ1) is 7.59. The molecule has 0 fully saturated rings. The van der Waals surface area contributed by atoms with Crippen LogP contribution in [0.5, 0.6) is 0 Å². The highest BCUT2D eigenvalue weighted by atomic mass is 79.9. The highest BCUT2D eigenvalue weighted by Gasteiger charge is 1.99. The number of hydrogen-bond donors (Lipinski definition) is 2. The first kappa shape index (κ1) is 13.7. The van der Waals surface area contributed by atoms with Crippen LogP contribution in [0, 0.1) is 6.92 Å². The van der Waals surface area contributed by atoms with Crippen molar-refractivity contribution in [3.63, 3.8) is 0 Å². The van der Waals surface area contributed by atoms with Gasteiger partial charge in [0.05, 0.1) is 0 Å². The molecule has 0 aromatic heterocycles. The van der Waals surface area contributed by atoms with Crippen molar-refractivity contribution in [3.05, 3.63) is 33.8 Å². The fourth-order valence-corrected chi connectivity index (χ4v) is 2.10. The van der Waals surface area contributed by atoms with Gasteiger partial charge in [-0.15, -0.1) is 0 Å². The summed E-state index contributed by atoms with van der Waals surface area (Å²) in [5.41, 5.74) is 2.60. The fraction of sp³-hybridized carbons (Fsp3) is 0.538. The Hall–Kier alpha value is -0.380. The monoisotopic (exact) mass is 284 g/mol. The molecule has 0 amide bonds. The molecule has 3 heteroatoms. The van der Waals surface area contributed by atoms with E-state index in [4.69, 9.17) is 0 Å². The van der Waals surface area contributed by atoms with Gasteiger partial charge in [0, 0.05) is 30.1 Å². The van der Waals surface area contributed by atoms with Gasteiger partial charge in [-0.1, -0.05) is 41.9 Å². The second-order valence-corrected chi connectivity index (χ2v) is 5.23. The average molecular weight is 285 g/mol. The number of hydrogen-bond acceptors (Lipinski definition) is 2. The molecule has 1 rings (SSSR count). The van der Waals surface area contributed by atoms with E-state index < -0.39 is 0 Å². The Morgan fingerprint density at radius 1 is 1.25 bits per heavy atom. The van der Waals surface area contributed by atoms with Crippen molar-refractivity contribution in [2.75, 3.05) is 13.1 Å². The summed E-state index contributed by atoms with van der Waals surface area (Å²) in [5.74, 6) is 0. The minimum absolute atomic E-state index is 0.563. The molecule has 2 nitrogen and oxygen atoms in total. The summed E-state index contributed by atoms with van der Waals surface area (Å²) in [6.45, 7) is 9.36. The molecule has 0 bridgehead atoms. The van der Waals surface area contributed by atoms with Gasteiger partial charge in [-0.2, -0.15) is 0 Å². The number of halogens is 1. The van der Waals surface area contributed by atoms with Crippen LogP contribution in [0.1, 0.15) is 25.0 Å². The second kappa shape index (κ2) is 7.05. The van der Waals surface area contributed by atoms with Gasteiger partial charge in [-0.25, -0.2) is 0 Å². The molecule has 0 atom stereocenters. The van der Waals surface area contributed by atoms with Crippen LogP contribution in [0.15, 0.2) is 22.7 Å². The smallest absolute Gasteiger partial charge is 0.0222 e. The molecule has 1 aromatic carbocycles. The maximum absolute atomic E-state index is 3.58. The van der Waals surface area contributed by atoms with Crippen LogP contribution in [0.25, 0.3) is 0 Å². The minimum Gasteiger partial charge on any atom is -0.313 e. The van der Waals surface area contributed by atoms with E-state index in [1.807, 2.05) is 0 Å². The summed E-state index contributed by atoms with van der Waals surface area (Å²) < 4.78 is 1.19. The Morgan fingerprint density at radius 2 is 2.00 bits per heavy atom. The molecule has 16 heavy (non-hydrogen) atoms. The molecule has 0 radical (unpaired) electrons. The predicted molar refractivity (Wildman–Crippen MR) is 73.7 cm³/mol. The van der Waals surface area contributed by atoms with Crippen LogP contribution < -0.4 is 10.6 Å². The molecule has 0 aliphatic rings. The van der Waals surface area contributed by atoms with Gasteiger partial charge >= 0.3 is 0 Å². The molecule has 90 valence electrons. The van der Waals surface area contributed by atoms with Crippen LogP contribution in [0.2, 0.25) is 0 Å². The lowest BCUT2D eigenvalue weighted by molar-refractivity contribution is 0.555. The van der Waals surface area contributed by atoms with Gasteiger partial charge in [-0.3, -0.25) is 0 Å². The van der Waals surface area contributed by atoms with Crippen LogP contribution in [-0.4, -0.2) is 19.1 Å². The van der Waals surface area contributed by atoms with Crippen molar-refractivity contribution in [3.8, 4) is 0 Å². The van der Waals surface area contributed by atoms with Crippen LogP contribution in [0.4, 0.5) is 0 Å². The third-order valence-electron chi connectivity index (χ3n) is 2.38. The molecule has 0 unspecified atom stereocenters. The normalized spacial score (nSPS) is 11.1. The topological polar surface area (TPSA) is 24.1 Å². The number of rotatable bonds is 6. The van der Waals surface area contributed by atoms with Crippen LogP contribution >= 0.6 is 15.9 Å². The first-order valence-corrected chi connectivity index (χ1v) is 6.58. The number of benzene rings is 1. The maximum atomic E-state index is 3.58. The molecule has 0 aliphatic heterocycles. The predicted octanol–water partition coefficient (Wildman–Crippen LogP) is 2.85. The van der Waals surface area contributed by atoms with Crippen LogP contribution in [0.3, 0.4) is 0 Å². The summed E-state index contributed by atoms with van der Waals surface area (Å²) in [6.07, 6.45) is 0. The third-order valence-corrected chi connectivity index (χ3v) is 3.12. The van der Waals surface area contributed by atoms with Gasteiger partial charge < -0.3 is 10.6 Å². The largest absolute Gasteiger partial charge is 0.313 e. The van der Waals surface area contributed by atoms with Crippen molar-refractivity contribution in [2.24, 2.45) is 0 Å². The van der Waals surface area contributed by atoms with E-state index in [0.29, 0.717) is 6.04 Å². The molecule has 1 aromatic rings. The average Bonchev–Trinajstić information content (AvgIpc) is 2.20. The summed E-state index contributed by atoms with van der Waals surface area (Å²) in [6, 6.07) is 7.03. The van der Waals surface area contributed by atoms with Gasteiger partial charge in [0.2, 0.25) is 0 Å². The van der Waals surface area contributed by atoms with Crippen molar-refractivity contribution in [1.82, 2.24) is 10.6 Å². The summed E-state index contributed by atoms with van der Waals surface area (Å²) in [4.78, 5) is 0. The molecule has 2 N–H and O–H groups in total. The first-order valence-electron chi connectivity index (χ1n) is 5.78. The van der Waals surface area contributed by atoms with E-state index >= 15 is 0 Å². The van der Waals surface area contributed by atoms with Crippen molar-refractivity contribution in [2.45, 2.75) is 33.4 Å². The molecule has 0 saturated heterocycles. The summed E-state index contributed by atoms with van der Waals surface area (Å²) >= 11 is 3.58. The molecular weight excluding hydrogens is 264 g/mol. The zero-order valence-corrected chi connectivity index (χ0v) is 11.9. The third kappa shape index (κ3) is 5.10. The highest BCUT2D eigenvalue weighted by molar-refractivity contribution is 9.10. The van der Waals surface area contributed by atoms with Gasteiger partial charge in [0.15, 0.2) is 0 Å². The lowest BCUT2D eigenvalue weighted by atomic mass is 10.1. The molecule has 0 aliphatic carbocycles. The van der Waals surface area contributed by atoms with Crippen LogP contribution in [-0.2, 0) is 6.54 Å². The Labute approximate surface area is 107 Å². The fourth-order valence-electron chi connectivity index (χ4n) is 1.47. The van der Waals surface area contributed by atoms with Crippen molar-refractivity contribution < 1.29 is 0 Å². The summed E-state index contributed by atoms with van der Waals surface area (Å²) in [5, 5.41) is 6.81. The lowest BCUT2D eigenvalue weighted by Crippen LogP contribution is -2.31. The van der Waals surface area contributed by atoms with E-state index in [2.05, 4.69) is 65.5 Å². The van der Waals surface area contributed by atoms with Gasteiger partial charge in [0.1, 0.15) is 0 Å². The Bertz CT molecular complexity index is 324. The Morgan fingerprint density at radius 3 is 2.62 bits per heavy atom. The molecule has 0 heterocycles. The van der Waals surface area contributed by atoms with Gasteiger partial charge in [0.25, 0.3) is 0 Å². The lowest BCUT2D eigenvalue weighted by Gasteiger charge is -2.10. The second-order valence-electron chi connectivity index (χ2n) is 4.38. The standard InChI is InChI=1S/C13H21BrN2/c1-10(2)16-7-6-15-9-12-5-4-11(3)8-13(12)14/h4-5,8,10,15-16H,6-7,9H2,1-3H3. The minimum atomic E-state index is 0.563. The van der Waals surface area contributed by atoms with Crippen molar-refractivity contribution in [1.29, 1.82) is 0 Å².